The number of carbonyl (C=O) groups excluding carboxylic acids is 1. The van der Waals surface area contributed by atoms with Gasteiger partial charge in [0.25, 0.3) is 0 Å². The third-order valence-electron chi connectivity index (χ3n) is 4.36. The van der Waals surface area contributed by atoms with Gasteiger partial charge in [0.15, 0.2) is 0 Å². The van der Waals surface area contributed by atoms with E-state index in [1.807, 2.05) is 35.9 Å². The van der Waals surface area contributed by atoms with Gasteiger partial charge in [0.05, 0.1) is 17.7 Å². The van der Waals surface area contributed by atoms with Crippen molar-refractivity contribution in [3.63, 3.8) is 0 Å². The summed E-state index contributed by atoms with van der Waals surface area (Å²) in [5, 5.41) is 12.0. The molecule has 1 aliphatic heterocycles. The highest BCUT2D eigenvalue weighted by molar-refractivity contribution is 5.79. The quantitative estimate of drug-likeness (QED) is 0.901. The Morgan fingerprint density at radius 1 is 1.48 bits per heavy atom. The van der Waals surface area contributed by atoms with Crippen LogP contribution in [0.2, 0.25) is 0 Å². The molecule has 23 heavy (non-hydrogen) atoms. The number of aromatic nitrogens is 2. The number of carboxylic acid groups (broad SMARTS) is 1. The van der Waals surface area contributed by atoms with Gasteiger partial charge in [0, 0.05) is 25.5 Å². The molecule has 1 aliphatic rings. The van der Waals surface area contributed by atoms with Crippen LogP contribution in [0, 0.1) is 12.3 Å². The Hall–Kier alpha value is -2.57. The number of imidazole rings is 1. The van der Waals surface area contributed by atoms with Crippen LogP contribution in [0.3, 0.4) is 0 Å². The molecule has 1 unspecified atom stereocenters. The first-order valence-corrected chi connectivity index (χ1v) is 7.58. The lowest BCUT2D eigenvalue weighted by atomic mass is 9.90. The number of urea groups is 1. The molecular formula is C16H20N4O3. The zero-order chi connectivity index (χ0) is 16.6. The third kappa shape index (κ3) is 2.99. The molecule has 2 N–H and O–H groups in total. The molecule has 7 heteroatoms. The molecule has 122 valence electrons. The Balaban J connectivity index is 1.61. The van der Waals surface area contributed by atoms with Crippen molar-refractivity contribution in [2.45, 2.75) is 26.8 Å². The van der Waals surface area contributed by atoms with E-state index in [2.05, 4.69) is 10.3 Å². The number of aliphatic carboxylic acids is 1. The number of hydrogen-bond acceptors (Lipinski definition) is 3. The summed E-state index contributed by atoms with van der Waals surface area (Å²) in [5.74, 6) is -0.858. The smallest absolute Gasteiger partial charge is 0.317 e. The summed E-state index contributed by atoms with van der Waals surface area (Å²) in [5.41, 5.74) is 1.89. The van der Waals surface area contributed by atoms with E-state index in [9.17, 15) is 14.7 Å². The van der Waals surface area contributed by atoms with Crippen LogP contribution in [0.25, 0.3) is 5.65 Å². The van der Waals surface area contributed by atoms with Crippen LogP contribution in [0.15, 0.2) is 24.5 Å². The normalized spacial score (nSPS) is 20.9. The number of carboxylic acids is 1. The van der Waals surface area contributed by atoms with Gasteiger partial charge in [-0.25, -0.2) is 9.78 Å². The van der Waals surface area contributed by atoms with E-state index in [1.165, 1.54) is 0 Å². The number of pyridine rings is 1. The van der Waals surface area contributed by atoms with Gasteiger partial charge in [-0.05, 0) is 38.0 Å². The van der Waals surface area contributed by atoms with Gasteiger partial charge in [0.1, 0.15) is 5.65 Å². The fraction of sp³-hybridized carbons (Fsp3) is 0.438. The Morgan fingerprint density at radius 2 is 2.26 bits per heavy atom. The molecule has 2 amide bonds. The number of likely N-dealkylation sites (tertiary alicyclic amines) is 1. The van der Waals surface area contributed by atoms with E-state index in [0.29, 0.717) is 19.5 Å². The number of amides is 2. The predicted molar refractivity (Wildman–Crippen MR) is 84.1 cm³/mol. The van der Waals surface area contributed by atoms with Gasteiger partial charge in [0.2, 0.25) is 0 Å². The summed E-state index contributed by atoms with van der Waals surface area (Å²) < 4.78 is 1.91. The summed E-state index contributed by atoms with van der Waals surface area (Å²) in [7, 11) is 0. The van der Waals surface area contributed by atoms with Crippen molar-refractivity contribution in [3.05, 3.63) is 35.8 Å². The van der Waals surface area contributed by atoms with Crippen molar-refractivity contribution in [2.24, 2.45) is 5.41 Å². The highest BCUT2D eigenvalue weighted by Crippen LogP contribution is 2.29. The monoisotopic (exact) mass is 316 g/mol. The molecule has 0 spiro atoms. The van der Waals surface area contributed by atoms with Crippen molar-refractivity contribution in [1.29, 1.82) is 0 Å². The second kappa shape index (κ2) is 5.57. The zero-order valence-corrected chi connectivity index (χ0v) is 13.2. The minimum absolute atomic E-state index is 0.235. The Kier molecular flexibility index (Phi) is 3.71. The standard InChI is InChI=1S/C16H20N4O3/c1-11-3-5-19-9-12(18-13(19)7-11)8-17-15(23)20-6-4-16(2,10-20)14(21)22/h3,5,7,9H,4,6,8,10H2,1-2H3,(H,17,23)(H,21,22). The molecule has 2 aromatic rings. The van der Waals surface area contributed by atoms with Crippen LogP contribution in [0.4, 0.5) is 4.79 Å². The summed E-state index contributed by atoms with van der Waals surface area (Å²) in [6.07, 6.45) is 4.28. The zero-order valence-electron chi connectivity index (χ0n) is 13.2. The molecule has 0 bridgehead atoms. The maximum Gasteiger partial charge on any atom is 0.317 e. The van der Waals surface area contributed by atoms with Crippen molar-refractivity contribution in [2.75, 3.05) is 13.1 Å². The second-order valence-electron chi connectivity index (χ2n) is 6.40. The van der Waals surface area contributed by atoms with Crippen LogP contribution in [0.1, 0.15) is 24.6 Å². The van der Waals surface area contributed by atoms with E-state index in [4.69, 9.17) is 0 Å². The van der Waals surface area contributed by atoms with E-state index in [-0.39, 0.29) is 12.6 Å². The molecule has 0 aromatic carbocycles. The van der Waals surface area contributed by atoms with E-state index in [1.54, 1.807) is 11.8 Å². The maximum atomic E-state index is 12.2. The minimum Gasteiger partial charge on any atom is -0.481 e. The van der Waals surface area contributed by atoms with E-state index in [0.717, 1.165) is 16.9 Å². The Bertz CT molecular complexity index is 770. The second-order valence-corrected chi connectivity index (χ2v) is 6.40. The summed E-state index contributed by atoms with van der Waals surface area (Å²) in [6, 6.07) is 3.72. The molecule has 1 fully saturated rings. The fourth-order valence-electron chi connectivity index (χ4n) is 2.81. The number of nitrogens with one attached hydrogen (secondary N) is 1. The SMILES string of the molecule is Cc1ccn2cc(CNC(=O)N3CCC(C)(C(=O)O)C3)nc2c1. The topological polar surface area (TPSA) is 86.9 Å². The lowest BCUT2D eigenvalue weighted by Crippen LogP contribution is -2.40. The van der Waals surface area contributed by atoms with Gasteiger partial charge < -0.3 is 19.7 Å². The third-order valence-corrected chi connectivity index (χ3v) is 4.36. The molecule has 7 nitrogen and oxygen atoms in total. The van der Waals surface area contributed by atoms with Gasteiger partial charge in [-0.15, -0.1) is 0 Å². The lowest BCUT2D eigenvalue weighted by molar-refractivity contribution is -0.147. The first-order chi connectivity index (χ1) is 10.9. The largest absolute Gasteiger partial charge is 0.481 e. The summed E-state index contributed by atoms with van der Waals surface area (Å²) in [6.45, 7) is 4.69. The van der Waals surface area contributed by atoms with E-state index >= 15 is 0 Å². The number of carbonyl (C=O) groups is 2. The number of hydrogen-bond donors (Lipinski definition) is 2. The minimum atomic E-state index is -0.858. The van der Waals surface area contributed by atoms with Crippen LogP contribution >= 0.6 is 0 Å². The number of aryl methyl sites for hydroxylation is 1. The van der Waals surface area contributed by atoms with Crippen molar-refractivity contribution < 1.29 is 14.7 Å². The Morgan fingerprint density at radius 3 is 2.96 bits per heavy atom. The molecule has 1 saturated heterocycles. The van der Waals surface area contributed by atoms with Crippen LogP contribution < -0.4 is 5.32 Å². The van der Waals surface area contributed by atoms with E-state index < -0.39 is 11.4 Å². The number of fused-ring (bicyclic) bond motifs is 1. The molecule has 0 aliphatic carbocycles. The maximum absolute atomic E-state index is 12.2. The van der Waals surface area contributed by atoms with Crippen LogP contribution in [-0.4, -0.2) is 44.5 Å². The summed E-state index contributed by atoms with van der Waals surface area (Å²) >= 11 is 0. The van der Waals surface area contributed by atoms with Gasteiger partial charge >= 0.3 is 12.0 Å². The highest BCUT2D eigenvalue weighted by atomic mass is 16.4. The van der Waals surface area contributed by atoms with Gasteiger partial charge in [-0.1, -0.05) is 0 Å². The average molecular weight is 316 g/mol. The number of nitrogens with zero attached hydrogens (tertiary/aromatic N) is 3. The highest BCUT2D eigenvalue weighted by Gasteiger charge is 2.42. The van der Waals surface area contributed by atoms with Crippen molar-refractivity contribution in [3.8, 4) is 0 Å². The fourth-order valence-corrected chi connectivity index (χ4v) is 2.81. The Labute approximate surface area is 133 Å². The molecule has 3 heterocycles. The lowest BCUT2D eigenvalue weighted by Gasteiger charge is -2.20. The molecule has 1 atom stereocenters. The van der Waals surface area contributed by atoms with Crippen molar-refractivity contribution in [1.82, 2.24) is 19.6 Å². The van der Waals surface area contributed by atoms with Crippen LogP contribution in [-0.2, 0) is 11.3 Å². The molecule has 0 radical (unpaired) electrons. The van der Waals surface area contributed by atoms with Crippen LogP contribution in [0.5, 0.6) is 0 Å². The molecule has 3 rings (SSSR count). The predicted octanol–water partition coefficient (Wildman–Crippen LogP) is 1.65. The molecule has 0 saturated carbocycles. The first kappa shape index (κ1) is 15.3. The molecular weight excluding hydrogens is 296 g/mol. The summed E-state index contributed by atoms with van der Waals surface area (Å²) in [4.78, 5) is 29.4. The number of rotatable bonds is 3. The first-order valence-electron chi connectivity index (χ1n) is 7.58. The molecule has 2 aromatic heterocycles. The van der Waals surface area contributed by atoms with Gasteiger partial charge in [-0.2, -0.15) is 0 Å². The van der Waals surface area contributed by atoms with Gasteiger partial charge in [-0.3, -0.25) is 4.79 Å². The average Bonchev–Trinajstić information content (AvgIpc) is 3.08. The van der Waals surface area contributed by atoms with Crippen molar-refractivity contribution >= 4 is 17.6 Å².